The van der Waals surface area contributed by atoms with Crippen LogP contribution in [0, 0.1) is 25.2 Å². The molecule has 0 spiro atoms. The molecule has 22 heavy (non-hydrogen) atoms. The lowest BCUT2D eigenvalue weighted by molar-refractivity contribution is 0.782. The minimum atomic E-state index is -0.382. The first-order valence-electron chi connectivity index (χ1n) is 6.95. The van der Waals surface area contributed by atoms with Gasteiger partial charge in [-0.1, -0.05) is 36.4 Å². The van der Waals surface area contributed by atoms with E-state index in [2.05, 4.69) is 5.10 Å². The zero-order valence-electron chi connectivity index (χ0n) is 12.9. The Morgan fingerprint density at radius 1 is 1.27 bits per heavy atom. The van der Waals surface area contributed by atoms with Gasteiger partial charge in [0.15, 0.2) is 0 Å². The fourth-order valence-corrected chi connectivity index (χ4v) is 2.11. The lowest BCUT2D eigenvalue weighted by Gasteiger charge is -2.07. The van der Waals surface area contributed by atoms with Gasteiger partial charge in [-0.15, -0.1) is 0 Å². The number of allylic oxidation sites excluding steroid dienone is 1. The van der Waals surface area contributed by atoms with Gasteiger partial charge in [0.1, 0.15) is 11.6 Å². The second kappa shape index (κ2) is 6.68. The normalized spacial score (nSPS) is 11.6. The van der Waals surface area contributed by atoms with Crippen LogP contribution < -0.4 is 5.56 Å². The Morgan fingerprint density at radius 3 is 2.59 bits per heavy atom. The van der Waals surface area contributed by atoms with E-state index in [-0.39, 0.29) is 11.1 Å². The van der Waals surface area contributed by atoms with Gasteiger partial charge in [0.25, 0.3) is 5.56 Å². The van der Waals surface area contributed by atoms with Crippen molar-refractivity contribution in [1.29, 1.82) is 5.26 Å². The maximum atomic E-state index is 12.3. The molecule has 1 aromatic carbocycles. The monoisotopic (exact) mass is 291 g/mol. The van der Waals surface area contributed by atoms with E-state index in [0.29, 0.717) is 17.0 Å². The highest BCUT2D eigenvalue weighted by Crippen LogP contribution is 2.06. The predicted octanol–water partition coefficient (Wildman–Crippen LogP) is 3.27. The molecule has 1 aromatic heterocycles. The van der Waals surface area contributed by atoms with Crippen LogP contribution in [-0.4, -0.2) is 10.4 Å². The van der Waals surface area contributed by atoms with Crippen LogP contribution in [0.3, 0.4) is 0 Å². The molecule has 4 nitrogen and oxygen atoms in total. The van der Waals surface area contributed by atoms with Gasteiger partial charge < -0.3 is 0 Å². The second-order valence-electron chi connectivity index (χ2n) is 5.06. The molecule has 2 aromatic rings. The molecule has 0 saturated heterocycles. The molecular weight excluding hydrogens is 274 g/mol. The van der Waals surface area contributed by atoms with E-state index < -0.39 is 0 Å². The molecule has 0 fully saturated rings. The molecule has 0 amide bonds. The number of hydrogen-bond donors (Lipinski definition) is 0. The van der Waals surface area contributed by atoms with Crippen LogP contribution in [0.2, 0.25) is 0 Å². The summed E-state index contributed by atoms with van der Waals surface area (Å²) >= 11 is 0. The SMILES string of the molecule is CC(/C=C/c1ccccc1)=N/n1c(C)cc(C)c(C#N)c1=O. The maximum Gasteiger partial charge on any atom is 0.289 e. The van der Waals surface area contributed by atoms with Crippen molar-refractivity contribution in [2.75, 3.05) is 0 Å². The standard InChI is InChI=1S/C18H17N3O/c1-13-11-15(3)21(18(22)17(13)12-19)20-14(2)9-10-16-7-5-4-6-8-16/h4-11H,1-3H3/b10-9+,20-14-. The van der Waals surface area contributed by atoms with E-state index in [9.17, 15) is 4.79 Å². The van der Waals surface area contributed by atoms with Crippen molar-refractivity contribution in [2.24, 2.45) is 5.10 Å². The average molecular weight is 291 g/mol. The summed E-state index contributed by atoms with van der Waals surface area (Å²) in [4.78, 5) is 12.3. The molecule has 0 radical (unpaired) electrons. The molecule has 0 aliphatic rings. The van der Waals surface area contributed by atoms with E-state index in [1.165, 1.54) is 4.68 Å². The minimum absolute atomic E-state index is 0.134. The van der Waals surface area contributed by atoms with Crippen molar-refractivity contribution in [3.8, 4) is 6.07 Å². The topological polar surface area (TPSA) is 58.1 Å². The molecule has 0 aliphatic carbocycles. The quantitative estimate of drug-likeness (QED) is 0.815. The van der Waals surface area contributed by atoms with E-state index in [1.54, 1.807) is 19.9 Å². The van der Waals surface area contributed by atoms with Gasteiger partial charge in [0.2, 0.25) is 0 Å². The van der Waals surface area contributed by atoms with Crippen LogP contribution in [0.1, 0.15) is 29.3 Å². The molecule has 110 valence electrons. The minimum Gasteiger partial charge on any atom is -0.266 e. The molecule has 1 heterocycles. The Bertz CT molecular complexity index is 837. The van der Waals surface area contributed by atoms with Crippen molar-refractivity contribution in [3.05, 3.63) is 75.2 Å². The van der Waals surface area contributed by atoms with Crippen molar-refractivity contribution in [1.82, 2.24) is 4.68 Å². The molecule has 2 rings (SSSR count). The Labute approximate surface area is 129 Å². The van der Waals surface area contributed by atoms with E-state index >= 15 is 0 Å². The zero-order valence-corrected chi connectivity index (χ0v) is 12.9. The smallest absolute Gasteiger partial charge is 0.266 e. The summed E-state index contributed by atoms with van der Waals surface area (Å²) in [6.45, 7) is 5.37. The van der Waals surface area contributed by atoms with E-state index in [0.717, 1.165) is 5.56 Å². The average Bonchev–Trinajstić information content (AvgIpc) is 2.51. The van der Waals surface area contributed by atoms with Crippen molar-refractivity contribution in [2.45, 2.75) is 20.8 Å². The number of pyridine rings is 1. The maximum absolute atomic E-state index is 12.3. The van der Waals surface area contributed by atoms with E-state index in [1.807, 2.05) is 55.5 Å². The van der Waals surface area contributed by atoms with E-state index in [4.69, 9.17) is 5.26 Å². The van der Waals surface area contributed by atoms with Gasteiger partial charge in [-0.25, -0.2) is 4.68 Å². The third kappa shape index (κ3) is 3.39. The molecule has 0 saturated carbocycles. The third-order valence-corrected chi connectivity index (χ3v) is 3.25. The number of nitriles is 1. The second-order valence-corrected chi connectivity index (χ2v) is 5.06. The Hall–Kier alpha value is -2.93. The van der Waals surface area contributed by atoms with Crippen LogP contribution in [-0.2, 0) is 0 Å². The van der Waals surface area contributed by atoms with Gasteiger partial charge in [0, 0.05) is 5.69 Å². The number of benzene rings is 1. The zero-order chi connectivity index (χ0) is 16.1. The van der Waals surface area contributed by atoms with Crippen molar-refractivity contribution < 1.29 is 0 Å². The lowest BCUT2D eigenvalue weighted by atomic mass is 10.1. The molecule has 0 unspecified atom stereocenters. The molecule has 0 atom stereocenters. The summed E-state index contributed by atoms with van der Waals surface area (Å²) < 4.78 is 1.27. The van der Waals surface area contributed by atoms with Gasteiger partial charge in [0.05, 0.1) is 5.71 Å². The van der Waals surface area contributed by atoms with Crippen molar-refractivity contribution in [3.63, 3.8) is 0 Å². The van der Waals surface area contributed by atoms with Crippen molar-refractivity contribution >= 4 is 11.8 Å². The van der Waals surface area contributed by atoms with Crippen LogP contribution in [0.15, 0.2) is 52.4 Å². The molecule has 0 bridgehead atoms. The van der Waals surface area contributed by atoms with Crippen LogP contribution in [0.25, 0.3) is 6.08 Å². The summed E-state index contributed by atoms with van der Waals surface area (Å²) in [5.74, 6) is 0. The van der Waals surface area contributed by atoms with Gasteiger partial charge >= 0.3 is 0 Å². The van der Waals surface area contributed by atoms with Crippen LogP contribution >= 0.6 is 0 Å². The fourth-order valence-electron chi connectivity index (χ4n) is 2.11. The summed E-state index contributed by atoms with van der Waals surface area (Å²) in [7, 11) is 0. The first-order chi connectivity index (χ1) is 10.5. The highest BCUT2D eigenvalue weighted by atomic mass is 16.1. The summed E-state index contributed by atoms with van der Waals surface area (Å²) in [5, 5.41) is 13.4. The first kappa shape index (κ1) is 15.5. The van der Waals surface area contributed by atoms with Gasteiger partial charge in [-0.2, -0.15) is 10.4 Å². The number of aromatic nitrogens is 1. The Kier molecular flexibility index (Phi) is 4.70. The molecular formula is C18H17N3O. The Balaban J connectivity index is 2.39. The Morgan fingerprint density at radius 2 is 1.95 bits per heavy atom. The fraction of sp³-hybridized carbons (Fsp3) is 0.167. The first-order valence-corrected chi connectivity index (χ1v) is 6.95. The van der Waals surface area contributed by atoms with Gasteiger partial charge in [-0.05, 0) is 44.0 Å². The summed E-state index contributed by atoms with van der Waals surface area (Å²) in [6, 6.07) is 13.6. The van der Waals surface area contributed by atoms with Crippen LogP contribution in [0.4, 0.5) is 0 Å². The number of aryl methyl sites for hydroxylation is 2. The largest absolute Gasteiger partial charge is 0.289 e. The number of hydrogen-bond acceptors (Lipinski definition) is 3. The predicted molar refractivity (Wildman–Crippen MR) is 88.9 cm³/mol. The summed E-state index contributed by atoms with van der Waals surface area (Å²) in [6.07, 6.45) is 3.77. The number of rotatable bonds is 3. The summed E-state index contributed by atoms with van der Waals surface area (Å²) in [5.41, 5.74) is 2.87. The third-order valence-electron chi connectivity index (χ3n) is 3.25. The van der Waals surface area contributed by atoms with Gasteiger partial charge in [-0.3, -0.25) is 4.79 Å². The molecule has 0 aliphatic heterocycles. The highest BCUT2D eigenvalue weighted by molar-refractivity contribution is 5.96. The molecule has 4 heteroatoms. The van der Waals surface area contributed by atoms with Crippen LogP contribution in [0.5, 0.6) is 0 Å². The molecule has 0 N–H and O–H groups in total. The number of nitrogens with zero attached hydrogens (tertiary/aromatic N) is 3. The highest BCUT2D eigenvalue weighted by Gasteiger charge is 2.09. The lowest BCUT2D eigenvalue weighted by Crippen LogP contribution is -2.23.